The first-order valence-electron chi connectivity index (χ1n) is 9.82. The summed E-state index contributed by atoms with van der Waals surface area (Å²) in [7, 11) is 0. The molecule has 2 amide bonds. The molecular weight excluding hydrogens is 438 g/mol. The van der Waals surface area contributed by atoms with E-state index in [0.717, 1.165) is 5.56 Å². The van der Waals surface area contributed by atoms with Crippen LogP contribution in [0.2, 0.25) is 5.02 Å². The number of hydrogen-bond donors (Lipinski definition) is 1. The maximum Gasteiger partial charge on any atom is 0.271 e. The molecule has 1 aliphatic rings. The number of pyridine rings is 1. The molecule has 0 saturated carbocycles. The predicted octanol–water partition coefficient (Wildman–Crippen LogP) is 4.92. The molecule has 1 saturated heterocycles. The molecule has 1 N–H and O–H groups in total. The minimum atomic E-state index is -1.94. The first kappa shape index (κ1) is 21.6. The fraction of sp³-hybridized carbons (Fsp3) is 0.125. The van der Waals surface area contributed by atoms with E-state index in [1.54, 1.807) is 36.4 Å². The van der Waals surface area contributed by atoms with Crippen LogP contribution >= 0.6 is 11.6 Å². The second-order valence-electron chi connectivity index (χ2n) is 7.33. The lowest BCUT2D eigenvalue weighted by Crippen LogP contribution is -2.39. The maximum absolute atomic E-state index is 12.6. The Labute approximate surface area is 187 Å². The van der Waals surface area contributed by atoms with Crippen LogP contribution in [0.25, 0.3) is 22.9 Å². The van der Waals surface area contributed by atoms with Crippen molar-refractivity contribution in [3.8, 4) is 16.8 Å². The zero-order valence-electron chi connectivity index (χ0n) is 16.6. The minimum absolute atomic E-state index is 0.114. The van der Waals surface area contributed by atoms with Crippen LogP contribution in [-0.2, 0) is 9.59 Å². The van der Waals surface area contributed by atoms with Crippen molar-refractivity contribution in [1.82, 2.24) is 9.88 Å². The summed E-state index contributed by atoms with van der Waals surface area (Å²) in [5.41, 5.74) is 1.92. The summed E-state index contributed by atoms with van der Waals surface area (Å²) in [4.78, 5) is 36.2. The largest absolute Gasteiger partial charge is 0.296 e. The van der Waals surface area contributed by atoms with Gasteiger partial charge in [0.2, 0.25) is 11.8 Å². The van der Waals surface area contributed by atoms with Gasteiger partial charge in [0.25, 0.3) is 11.6 Å². The number of imide groups is 1. The smallest absolute Gasteiger partial charge is 0.271 e. The third-order valence-electron chi connectivity index (χ3n) is 5.34. The van der Waals surface area contributed by atoms with Gasteiger partial charge in [0, 0.05) is 35.5 Å². The number of benzene rings is 2. The minimum Gasteiger partial charge on any atom is -0.296 e. The summed E-state index contributed by atoms with van der Waals surface area (Å²) < 4.78 is 26.4. The molecule has 0 bridgehead atoms. The monoisotopic (exact) mass is 454 g/mol. The molecule has 5 nitrogen and oxygen atoms in total. The van der Waals surface area contributed by atoms with Crippen molar-refractivity contribution >= 4 is 29.5 Å². The van der Waals surface area contributed by atoms with Gasteiger partial charge in [-0.1, -0.05) is 41.9 Å². The lowest BCUT2D eigenvalue weighted by atomic mass is 9.88. The van der Waals surface area contributed by atoms with Crippen LogP contribution in [-0.4, -0.2) is 16.4 Å². The van der Waals surface area contributed by atoms with Crippen LogP contribution in [0.3, 0.4) is 0 Å². The van der Waals surface area contributed by atoms with E-state index in [-0.39, 0.29) is 23.8 Å². The summed E-state index contributed by atoms with van der Waals surface area (Å²) in [6.07, 6.45) is 0.733. The molecule has 32 heavy (non-hydrogen) atoms. The van der Waals surface area contributed by atoms with E-state index >= 15 is 0 Å². The van der Waals surface area contributed by atoms with E-state index in [1.807, 2.05) is 6.07 Å². The summed E-state index contributed by atoms with van der Waals surface area (Å²) in [6.45, 7) is 0. The Balaban J connectivity index is 1.68. The molecule has 4 rings (SSSR count). The van der Waals surface area contributed by atoms with Gasteiger partial charge in [-0.3, -0.25) is 24.3 Å². The van der Waals surface area contributed by atoms with Crippen LogP contribution in [0.1, 0.15) is 29.9 Å². The van der Waals surface area contributed by atoms with E-state index in [4.69, 9.17) is 11.6 Å². The van der Waals surface area contributed by atoms with Crippen molar-refractivity contribution in [2.75, 3.05) is 0 Å². The second kappa shape index (κ2) is 8.88. The fourth-order valence-corrected chi connectivity index (χ4v) is 4.14. The molecule has 162 valence electrons. The van der Waals surface area contributed by atoms with Gasteiger partial charge in [0.15, 0.2) is 0 Å². The lowest BCUT2D eigenvalue weighted by Gasteiger charge is -2.23. The molecular formula is C24H17ClF2N2O3. The number of hydrogen-bond acceptors (Lipinski definition) is 3. The number of carbonyl (C=O) groups excluding carboxylic acids is 2. The molecule has 1 fully saturated rings. The number of rotatable bonds is 4. The van der Waals surface area contributed by atoms with Gasteiger partial charge in [0.05, 0.1) is 10.9 Å². The van der Waals surface area contributed by atoms with E-state index in [1.165, 1.54) is 22.9 Å². The van der Waals surface area contributed by atoms with Crippen molar-refractivity contribution in [3.63, 3.8) is 0 Å². The van der Waals surface area contributed by atoms with E-state index in [9.17, 15) is 23.2 Å². The van der Waals surface area contributed by atoms with Gasteiger partial charge in [-0.05, 0) is 41.8 Å². The Morgan fingerprint density at radius 1 is 1.03 bits per heavy atom. The van der Waals surface area contributed by atoms with Crippen molar-refractivity contribution < 1.29 is 18.4 Å². The zero-order valence-corrected chi connectivity index (χ0v) is 17.4. The lowest BCUT2D eigenvalue weighted by molar-refractivity contribution is -0.134. The van der Waals surface area contributed by atoms with E-state index in [0.29, 0.717) is 34.3 Å². The average Bonchev–Trinajstić information content (AvgIpc) is 2.76. The molecule has 2 heterocycles. The highest BCUT2D eigenvalue weighted by Gasteiger charge is 2.30. The van der Waals surface area contributed by atoms with Crippen LogP contribution in [0, 0.1) is 0 Å². The Kier molecular flexibility index (Phi) is 6.01. The van der Waals surface area contributed by atoms with Crippen LogP contribution in [0.15, 0.2) is 71.7 Å². The Bertz CT molecular complexity index is 1300. The number of aromatic nitrogens is 1. The van der Waals surface area contributed by atoms with Gasteiger partial charge >= 0.3 is 0 Å². The third-order valence-corrected chi connectivity index (χ3v) is 5.76. The van der Waals surface area contributed by atoms with Crippen molar-refractivity contribution in [3.05, 3.63) is 93.4 Å². The number of amides is 2. The molecule has 0 aliphatic carbocycles. The van der Waals surface area contributed by atoms with Crippen LogP contribution < -0.4 is 10.9 Å². The highest BCUT2D eigenvalue weighted by molar-refractivity contribution is 6.34. The third kappa shape index (κ3) is 4.24. The quantitative estimate of drug-likeness (QED) is 0.569. The van der Waals surface area contributed by atoms with Gasteiger partial charge in [-0.2, -0.15) is 8.78 Å². The SMILES string of the molecule is O=C1CCC(c2cccc(-c3ccc(-n4cccc(C=C(F)F)c4=O)cc3)c2Cl)C(=O)N1. The molecule has 1 atom stereocenters. The molecule has 1 aliphatic heterocycles. The molecule has 1 aromatic heterocycles. The van der Waals surface area contributed by atoms with E-state index < -0.39 is 17.6 Å². The fourth-order valence-electron chi connectivity index (χ4n) is 3.78. The standard InChI is InChI=1S/C24H17ClF2N2O3/c25-22-17(4-1-5-18(22)19-10-11-21(30)28-23(19)31)14-6-8-16(9-7-14)29-12-2-3-15(24(29)32)13-20(26)27/h1-9,12-13,19H,10-11H2,(H,28,30,31). The van der Waals surface area contributed by atoms with Crippen LogP contribution in [0.4, 0.5) is 8.78 Å². The van der Waals surface area contributed by atoms with Gasteiger partial charge in [-0.25, -0.2) is 0 Å². The molecule has 0 spiro atoms. The van der Waals surface area contributed by atoms with Gasteiger partial charge < -0.3 is 0 Å². The Morgan fingerprint density at radius 2 is 1.78 bits per heavy atom. The number of halogens is 3. The maximum atomic E-state index is 12.6. The molecule has 0 radical (unpaired) electrons. The zero-order chi connectivity index (χ0) is 22.8. The van der Waals surface area contributed by atoms with Crippen LogP contribution in [0.5, 0.6) is 0 Å². The van der Waals surface area contributed by atoms with Gasteiger partial charge in [0.1, 0.15) is 0 Å². The Hall–Kier alpha value is -3.58. The molecule has 3 aromatic rings. The summed E-state index contributed by atoms with van der Waals surface area (Å²) in [5, 5.41) is 2.76. The molecule has 8 heteroatoms. The summed E-state index contributed by atoms with van der Waals surface area (Å²) in [6, 6.07) is 15.1. The highest BCUT2D eigenvalue weighted by Crippen LogP contribution is 2.37. The van der Waals surface area contributed by atoms with Crippen molar-refractivity contribution in [2.24, 2.45) is 0 Å². The van der Waals surface area contributed by atoms with E-state index in [2.05, 4.69) is 5.32 Å². The first-order chi connectivity index (χ1) is 15.3. The van der Waals surface area contributed by atoms with Crippen molar-refractivity contribution in [1.29, 1.82) is 0 Å². The number of piperidine rings is 1. The first-order valence-corrected chi connectivity index (χ1v) is 10.2. The predicted molar refractivity (Wildman–Crippen MR) is 118 cm³/mol. The highest BCUT2D eigenvalue weighted by atomic mass is 35.5. The second-order valence-corrected chi connectivity index (χ2v) is 7.71. The molecule has 2 aromatic carbocycles. The number of nitrogens with zero attached hydrogens (tertiary/aromatic N) is 1. The Morgan fingerprint density at radius 3 is 2.47 bits per heavy atom. The molecule has 1 unspecified atom stereocenters. The number of nitrogens with one attached hydrogen (secondary N) is 1. The summed E-state index contributed by atoms with van der Waals surface area (Å²) >= 11 is 6.63. The number of carbonyl (C=O) groups is 2. The normalized spacial score (nSPS) is 15.9. The van der Waals surface area contributed by atoms with Gasteiger partial charge in [-0.15, -0.1) is 0 Å². The average molecular weight is 455 g/mol. The topological polar surface area (TPSA) is 68.2 Å². The van der Waals surface area contributed by atoms with Crippen molar-refractivity contribution in [2.45, 2.75) is 18.8 Å². The summed E-state index contributed by atoms with van der Waals surface area (Å²) in [5.74, 6) is -1.17.